The maximum Gasteiger partial charge on any atom is 0.0772 e. The van der Waals surface area contributed by atoms with Gasteiger partial charge in [0.2, 0.25) is 0 Å². The van der Waals surface area contributed by atoms with Crippen molar-refractivity contribution < 1.29 is 0 Å². The second-order valence-corrected chi connectivity index (χ2v) is 6.29. The molecule has 1 aromatic rings. The number of rotatable bonds is 4. The fourth-order valence-corrected chi connectivity index (χ4v) is 3.60. The lowest BCUT2D eigenvalue weighted by molar-refractivity contribution is 0.273. The van der Waals surface area contributed by atoms with Crippen LogP contribution in [0.3, 0.4) is 0 Å². The van der Waals surface area contributed by atoms with Crippen LogP contribution in [0.5, 0.6) is 0 Å². The zero-order valence-corrected chi connectivity index (χ0v) is 11.9. The van der Waals surface area contributed by atoms with Gasteiger partial charge >= 0.3 is 0 Å². The number of hydrogen-bond donors (Lipinski definition) is 1. The van der Waals surface area contributed by atoms with Crippen molar-refractivity contribution in [2.75, 3.05) is 20.1 Å². The van der Waals surface area contributed by atoms with E-state index in [1.165, 1.54) is 37.1 Å². The molecule has 2 N–H and O–H groups in total. The molecule has 0 unspecified atom stereocenters. The normalized spacial score (nSPS) is 15.9. The van der Waals surface area contributed by atoms with Crippen LogP contribution in [0.25, 0.3) is 0 Å². The highest BCUT2D eigenvalue weighted by Crippen LogP contribution is 2.26. The summed E-state index contributed by atoms with van der Waals surface area (Å²) in [5.41, 5.74) is 5.38. The van der Waals surface area contributed by atoms with Crippen molar-refractivity contribution in [3.63, 3.8) is 0 Å². The van der Waals surface area contributed by atoms with E-state index in [-0.39, 0.29) is 0 Å². The molecule has 1 aliphatic rings. The standard InChI is InChI=1S/C15H22N2S/c1-17(11-13-5-2-3-6-13)12-15-9-8-14(18-15)7-4-10-16/h8-9,13H,2-3,5-6,10-12,16H2,1H3. The summed E-state index contributed by atoms with van der Waals surface area (Å²) < 4.78 is 0. The van der Waals surface area contributed by atoms with Crippen molar-refractivity contribution in [3.05, 3.63) is 21.9 Å². The summed E-state index contributed by atoms with van der Waals surface area (Å²) in [5.74, 6) is 6.92. The van der Waals surface area contributed by atoms with Gasteiger partial charge in [0.25, 0.3) is 0 Å². The molecule has 0 bridgehead atoms. The van der Waals surface area contributed by atoms with Crippen LogP contribution in [0.1, 0.15) is 35.4 Å². The van der Waals surface area contributed by atoms with Crippen LogP contribution in [0, 0.1) is 17.8 Å². The Kier molecular flexibility index (Phi) is 5.25. The minimum atomic E-state index is 0.439. The summed E-state index contributed by atoms with van der Waals surface area (Å²) in [7, 11) is 2.23. The Balaban J connectivity index is 1.82. The Morgan fingerprint density at radius 1 is 1.39 bits per heavy atom. The summed E-state index contributed by atoms with van der Waals surface area (Å²) in [4.78, 5) is 4.98. The van der Waals surface area contributed by atoms with E-state index in [2.05, 4.69) is 35.9 Å². The fourth-order valence-electron chi connectivity index (χ4n) is 2.63. The lowest BCUT2D eigenvalue weighted by Gasteiger charge is -2.19. The first kappa shape index (κ1) is 13.6. The minimum absolute atomic E-state index is 0.439. The molecule has 1 saturated carbocycles. The average Bonchev–Trinajstić information content (AvgIpc) is 2.98. The van der Waals surface area contributed by atoms with Crippen LogP contribution in [0.4, 0.5) is 0 Å². The van der Waals surface area contributed by atoms with Gasteiger partial charge in [-0.25, -0.2) is 0 Å². The van der Waals surface area contributed by atoms with E-state index < -0.39 is 0 Å². The first-order valence-corrected chi connectivity index (χ1v) is 7.56. The molecule has 0 radical (unpaired) electrons. The van der Waals surface area contributed by atoms with Crippen molar-refractivity contribution in [1.29, 1.82) is 0 Å². The topological polar surface area (TPSA) is 29.3 Å². The molecule has 0 atom stereocenters. The molecule has 0 spiro atoms. The second kappa shape index (κ2) is 6.94. The molecule has 0 aromatic carbocycles. The van der Waals surface area contributed by atoms with Crippen LogP contribution in [0.2, 0.25) is 0 Å². The van der Waals surface area contributed by atoms with Gasteiger partial charge in [0, 0.05) is 18.0 Å². The van der Waals surface area contributed by atoms with E-state index in [1.807, 2.05) is 0 Å². The Morgan fingerprint density at radius 2 is 2.17 bits per heavy atom. The lowest BCUT2D eigenvalue weighted by atomic mass is 10.1. The fraction of sp³-hybridized carbons (Fsp3) is 0.600. The molecule has 1 fully saturated rings. The molecular weight excluding hydrogens is 240 g/mol. The highest BCUT2D eigenvalue weighted by Gasteiger charge is 2.16. The summed E-state index contributed by atoms with van der Waals surface area (Å²) in [6.45, 7) is 2.72. The number of thiophene rings is 1. The molecular formula is C15H22N2S. The number of nitrogens with zero attached hydrogens (tertiary/aromatic N) is 1. The molecule has 0 saturated heterocycles. The molecule has 0 aliphatic heterocycles. The third-order valence-corrected chi connectivity index (χ3v) is 4.43. The SMILES string of the molecule is CN(Cc1ccc(C#CCN)s1)CC1CCCC1. The second-order valence-electron chi connectivity index (χ2n) is 5.12. The first-order valence-electron chi connectivity index (χ1n) is 6.74. The highest BCUT2D eigenvalue weighted by molar-refractivity contribution is 7.12. The van der Waals surface area contributed by atoms with Gasteiger partial charge in [0.1, 0.15) is 0 Å². The first-order chi connectivity index (χ1) is 8.78. The number of nitrogens with two attached hydrogens (primary N) is 1. The summed E-state index contributed by atoms with van der Waals surface area (Å²) in [5, 5.41) is 0. The van der Waals surface area contributed by atoms with Crippen LogP contribution < -0.4 is 5.73 Å². The Bertz CT molecular complexity index is 421. The number of hydrogen-bond acceptors (Lipinski definition) is 3. The maximum atomic E-state index is 5.38. The van der Waals surface area contributed by atoms with Crippen LogP contribution in [-0.4, -0.2) is 25.0 Å². The van der Waals surface area contributed by atoms with Gasteiger partial charge in [0.05, 0.1) is 11.4 Å². The highest BCUT2D eigenvalue weighted by atomic mass is 32.1. The third-order valence-electron chi connectivity index (χ3n) is 3.45. The van der Waals surface area contributed by atoms with Crippen molar-refractivity contribution in [2.24, 2.45) is 11.7 Å². The predicted octanol–water partition coefficient (Wildman–Crippen LogP) is 2.68. The zero-order valence-electron chi connectivity index (χ0n) is 11.1. The predicted molar refractivity (Wildman–Crippen MR) is 78.5 cm³/mol. The monoisotopic (exact) mass is 262 g/mol. The van der Waals surface area contributed by atoms with E-state index in [1.54, 1.807) is 11.3 Å². The third kappa shape index (κ3) is 4.13. The molecule has 2 rings (SSSR count). The van der Waals surface area contributed by atoms with E-state index in [9.17, 15) is 0 Å². The van der Waals surface area contributed by atoms with Gasteiger partial charge in [-0.1, -0.05) is 24.7 Å². The van der Waals surface area contributed by atoms with Gasteiger partial charge in [-0.2, -0.15) is 0 Å². The molecule has 1 aromatic heterocycles. The van der Waals surface area contributed by atoms with Gasteiger partial charge in [0.15, 0.2) is 0 Å². The zero-order chi connectivity index (χ0) is 12.8. The largest absolute Gasteiger partial charge is 0.320 e. The molecule has 1 heterocycles. The maximum absolute atomic E-state index is 5.38. The Morgan fingerprint density at radius 3 is 2.89 bits per heavy atom. The van der Waals surface area contributed by atoms with Gasteiger partial charge in [-0.15, -0.1) is 11.3 Å². The van der Waals surface area contributed by atoms with E-state index in [0.717, 1.165) is 17.3 Å². The molecule has 0 amide bonds. The van der Waals surface area contributed by atoms with E-state index >= 15 is 0 Å². The molecule has 18 heavy (non-hydrogen) atoms. The van der Waals surface area contributed by atoms with Crippen LogP contribution >= 0.6 is 11.3 Å². The van der Waals surface area contributed by atoms with Gasteiger partial charge in [-0.3, -0.25) is 0 Å². The quantitative estimate of drug-likeness (QED) is 0.845. The molecule has 1 aliphatic carbocycles. The van der Waals surface area contributed by atoms with Crippen LogP contribution in [-0.2, 0) is 6.54 Å². The van der Waals surface area contributed by atoms with Crippen molar-refractivity contribution in [3.8, 4) is 11.8 Å². The van der Waals surface area contributed by atoms with E-state index in [4.69, 9.17) is 5.73 Å². The van der Waals surface area contributed by atoms with Crippen molar-refractivity contribution >= 4 is 11.3 Å². The lowest BCUT2D eigenvalue weighted by Crippen LogP contribution is -2.23. The Hall–Kier alpha value is -0.820. The summed E-state index contributed by atoms with van der Waals surface area (Å²) >= 11 is 1.79. The molecule has 98 valence electrons. The van der Waals surface area contributed by atoms with Gasteiger partial charge < -0.3 is 10.6 Å². The summed E-state index contributed by atoms with van der Waals surface area (Å²) in [6.07, 6.45) is 5.69. The summed E-state index contributed by atoms with van der Waals surface area (Å²) in [6, 6.07) is 4.29. The molecule has 3 heteroatoms. The Labute approximate surface area is 114 Å². The van der Waals surface area contributed by atoms with Crippen LogP contribution in [0.15, 0.2) is 12.1 Å². The van der Waals surface area contributed by atoms with E-state index in [0.29, 0.717) is 6.54 Å². The smallest absolute Gasteiger partial charge is 0.0772 e. The molecule has 2 nitrogen and oxygen atoms in total. The minimum Gasteiger partial charge on any atom is -0.320 e. The van der Waals surface area contributed by atoms with Crippen molar-refractivity contribution in [2.45, 2.75) is 32.2 Å². The average molecular weight is 262 g/mol. The van der Waals surface area contributed by atoms with Gasteiger partial charge in [-0.05, 0) is 37.9 Å². The van der Waals surface area contributed by atoms with Crippen molar-refractivity contribution in [1.82, 2.24) is 4.90 Å².